The van der Waals surface area contributed by atoms with Crippen LogP contribution in [0.4, 0.5) is 15.1 Å². The molecule has 2 amide bonds. The Morgan fingerprint density at radius 2 is 1.77 bits per heavy atom. The van der Waals surface area contributed by atoms with E-state index in [0.717, 1.165) is 17.7 Å². The van der Waals surface area contributed by atoms with Crippen LogP contribution in [0.3, 0.4) is 0 Å². The van der Waals surface area contributed by atoms with Gasteiger partial charge in [0.05, 0.1) is 17.7 Å². The van der Waals surface area contributed by atoms with Crippen LogP contribution in [-0.4, -0.2) is 43.3 Å². The fraction of sp³-hybridized carbons (Fsp3) is 0.310. The molecular weight excluding hydrogens is 616 g/mol. The number of carbonyl (C=O) groups is 2. The predicted octanol–water partition coefficient (Wildman–Crippen LogP) is 6.56. The van der Waals surface area contributed by atoms with Crippen molar-refractivity contribution in [3.8, 4) is 17.4 Å². The van der Waals surface area contributed by atoms with Gasteiger partial charge in [-0.3, -0.25) is 14.7 Å². The number of rotatable bonds is 14. The summed E-state index contributed by atoms with van der Waals surface area (Å²) in [5.41, 5.74) is 0.851. The molecule has 43 heavy (non-hydrogen) atoms. The van der Waals surface area contributed by atoms with E-state index < -0.39 is 37.3 Å². The number of ether oxygens (including phenoxy) is 1. The first-order valence-electron chi connectivity index (χ1n) is 13.2. The Kier molecular flexibility index (Phi) is 12.9. The van der Waals surface area contributed by atoms with E-state index in [0.29, 0.717) is 5.75 Å². The van der Waals surface area contributed by atoms with Crippen LogP contribution < -0.4 is 15.9 Å². The van der Waals surface area contributed by atoms with Gasteiger partial charge in [-0.05, 0) is 62.1 Å². The van der Waals surface area contributed by atoms with Gasteiger partial charge in [-0.2, -0.15) is 17.0 Å². The molecule has 10 nitrogen and oxygen atoms in total. The Balaban J connectivity index is 2.05. The summed E-state index contributed by atoms with van der Waals surface area (Å²) in [6, 6.07) is 14.9. The largest absolute Gasteiger partial charge is 0.445 e. The fourth-order valence-electron chi connectivity index (χ4n) is 3.88. The van der Waals surface area contributed by atoms with Gasteiger partial charge in [0.25, 0.3) is 0 Å². The number of thioether (sulfide) groups is 1. The molecule has 0 unspecified atom stereocenters. The van der Waals surface area contributed by atoms with Gasteiger partial charge in [0.15, 0.2) is 5.76 Å². The normalized spacial score (nSPS) is 11.8. The molecular formula is C29H31FN3O7PS2. The standard InChI is InChI=1S/C29H31FN3O7PS2/c1-4-38-41(36,39-5-2)25-26(42)22(17-31)24(20-11-13-21(30)14-12-20)40-28(25)33-27(34)23(15-16-43-3)32-29(35)37-18-19-9-7-6-8-10-19/h6-14,23H,4-5,15-16,18H2,1-3H3,(H,32,35)(H,33,34)/t23-/m0/s1. The summed E-state index contributed by atoms with van der Waals surface area (Å²) >= 11 is 7.03. The van der Waals surface area contributed by atoms with Gasteiger partial charge in [0.1, 0.15) is 35.4 Å². The lowest BCUT2D eigenvalue weighted by Crippen LogP contribution is -2.45. The molecule has 2 aromatic carbocycles. The molecule has 0 radical (unpaired) electrons. The molecule has 3 rings (SSSR count). The van der Waals surface area contributed by atoms with Crippen LogP contribution >= 0.6 is 31.6 Å². The second kappa shape index (κ2) is 16.4. The van der Waals surface area contributed by atoms with Crippen LogP contribution in [0.1, 0.15) is 31.4 Å². The van der Waals surface area contributed by atoms with E-state index in [4.69, 9.17) is 30.4 Å². The van der Waals surface area contributed by atoms with Gasteiger partial charge in [0, 0.05) is 5.56 Å². The van der Waals surface area contributed by atoms with Gasteiger partial charge in [0.2, 0.25) is 11.8 Å². The van der Waals surface area contributed by atoms with E-state index in [-0.39, 0.29) is 52.9 Å². The molecule has 0 spiro atoms. The molecule has 228 valence electrons. The molecule has 3 aromatic rings. The van der Waals surface area contributed by atoms with Crippen LogP contribution in [0.15, 0.2) is 59.0 Å². The minimum Gasteiger partial charge on any atom is -0.445 e. The highest BCUT2D eigenvalue weighted by Gasteiger charge is 2.37. The molecule has 0 fully saturated rings. The number of alkyl carbamates (subject to hydrolysis) is 1. The third-order valence-electron chi connectivity index (χ3n) is 5.85. The van der Waals surface area contributed by atoms with Crippen LogP contribution in [0, 0.1) is 21.7 Å². The first kappa shape index (κ1) is 34.0. The average Bonchev–Trinajstić information content (AvgIpc) is 2.99. The Morgan fingerprint density at radius 3 is 2.35 bits per heavy atom. The summed E-state index contributed by atoms with van der Waals surface area (Å²) in [7, 11) is -4.23. The third-order valence-corrected chi connectivity index (χ3v) is 9.22. The molecule has 0 aliphatic carbocycles. The molecule has 0 aliphatic rings. The maximum atomic E-state index is 14.0. The number of hydrogen-bond donors (Lipinski definition) is 2. The predicted molar refractivity (Wildman–Crippen MR) is 165 cm³/mol. The zero-order chi connectivity index (χ0) is 31.4. The Morgan fingerprint density at radius 1 is 1.12 bits per heavy atom. The van der Waals surface area contributed by atoms with Crippen LogP contribution in [0.5, 0.6) is 0 Å². The van der Waals surface area contributed by atoms with Crippen molar-refractivity contribution in [2.24, 2.45) is 0 Å². The first-order valence-corrected chi connectivity index (χ1v) is 16.6. The van der Waals surface area contributed by atoms with Gasteiger partial charge in [-0.1, -0.05) is 42.5 Å². The number of nitriles is 1. The van der Waals surface area contributed by atoms with E-state index in [1.165, 1.54) is 23.9 Å². The molecule has 14 heteroatoms. The average molecular weight is 648 g/mol. The monoisotopic (exact) mass is 647 g/mol. The summed E-state index contributed by atoms with van der Waals surface area (Å²) in [5.74, 6) is -1.25. The highest BCUT2D eigenvalue weighted by Crippen LogP contribution is 2.50. The number of hydrogen-bond acceptors (Lipinski definition) is 10. The summed E-state index contributed by atoms with van der Waals surface area (Å²) in [6.45, 7) is 3.07. The summed E-state index contributed by atoms with van der Waals surface area (Å²) in [4.78, 5) is 26.2. The van der Waals surface area contributed by atoms with Crippen molar-refractivity contribution in [2.45, 2.75) is 32.9 Å². The van der Waals surface area contributed by atoms with Crippen molar-refractivity contribution in [3.05, 3.63) is 76.1 Å². The van der Waals surface area contributed by atoms with Crippen LogP contribution in [0.25, 0.3) is 11.3 Å². The molecule has 1 atom stereocenters. The van der Waals surface area contributed by atoms with Crippen molar-refractivity contribution < 1.29 is 36.7 Å². The van der Waals surface area contributed by atoms with E-state index in [9.17, 15) is 23.8 Å². The van der Waals surface area contributed by atoms with Crippen molar-refractivity contribution in [1.82, 2.24) is 5.32 Å². The minimum absolute atomic E-state index is 0.00905. The molecule has 0 saturated carbocycles. The van der Waals surface area contributed by atoms with Crippen molar-refractivity contribution in [2.75, 3.05) is 30.5 Å². The number of benzene rings is 2. The van der Waals surface area contributed by atoms with Crippen molar-refractivity contribution >= 4 is 54.8 Å². The third kappa shape index (κ3) is 8.98. The topological polar surface area (TPSA) is 140 Å². The van der Waals surface area contributed by atoms with Gasteiger partial charge in [-0.15, -0.1) is 0 Å². The van der Waals surface area contributed by atoms with E-state index in [2.05, 4.69) is 10.6 Å². The lowest BCUT2D eigenvalue weighted by atomic mass is 10.1. The number of anilines is 1. The fourth-order valence-corrected chi connectivity index (χ4v) is 6.64. The molecule has 0 bridgehead atoms. The van der Waals surface area contributed by atoms with E-state index in [1.807, 2.05) is 18.4 Å². The smallest absolute Gasteiger partial charge is 0.408 e. The zero-order valence-electron chi connectivity index (χ0n) is 23.8. The maximum absolute atomic E-state index is 14.0. The minimum atomic E-state index is -4.23. The summed E-state index contributed by atoms with van der Waals surface area (Å²) in [5, 5.41) is 14.8. The van der Waals surface area contributed by atoms with E-state index >= 15 is 0 Å². The van der Waals surface area contributed by atoms with E-state index in [1.54, 1.807) is 38.1 Å². The molecule has 0 saturated heterocycles. The van der Waals surface area contributed by atoms with Crippen LogP contribution in [0.2, 0.25) is 0 Å². The Bertz CT molecular complexity index is 1550. The van der Waals surface area contributed by atoms with Crippen molar-refractivity contribution in [1.29, 1.82) is 5.26 Å². The SMILES string of the molecule is CCOP(=O)(OCC)c1c(NC(=O)[C@H](CCSC)NC(=O)OCc2ccccc2)oc(-c2ccc(F)cc2)c(C#N)c1=S. The van der Waals surface area contributed by atoms with Gasteiger partial charge in [-0.25, -0.2) is 9.18 Å². The lowest BCUT2D eigenvalue weighted by Gasteiger charge is -2.22. The lowest BCUT2D eigenvalue weighted by molar-refractivity contribution is -0.118. The number of nitrogens with one attached hydrogen (secondary N) is 2. The second-order valence-corrected chi connectivity index (χ2v) is 12.1. The van der Waals surface area contributed by atoms with Crippen LogP contribution in [-0.2, 0) is 29.8 Å². The molecule has 1 heterocycles. The first-order chi connectivity index (χ1) is 20.7. The number of carbonyl (C=O) groups excluding carboxylic acids is 2. The molecule has 0 aliphatic heterocycles. The van der Waals surface area contributed by atoms with Gasteiger partial charge >= 0.3 is 13.7 Å². The number of halogens is 1. The molecule has 2 N–H and O–H groups in total. The maximum Gasteiger partial charge on any atom is 0.408 e. The summed E-state index contributed by atoms with van der Waals surface area (Å²) < 4.78 is 49.6. The Hall–Kier alpha value is -3.53. The van der Waals surface area contributed by atoms with Crippen molar-refractivity contribution in [3.63, 3.8) is 0 Å². The second-order valence-electron chi connectivity index (χ2n) is 8.79. The number of amides is 2. The highest BCUT2D eigenvalue weighted by molar-refractivity contribution is 7.98. The Labute approximate surface area is 258 Å². The highest BCUT2D eigenvalue weighted by atomic mass is 32.2. The summed E-state index contributed by atoms with van der Waals surface area (Å²) in [6.07, 6.45) is 1.22. The number of nitrogens with zero attached hydrogens (tertiary/aromatic N) is 1. The zero-order valence-corrected chi connectivity index (χ0v) is 26.3. The molecule has 1 aromatic heterocycles. The van der Waals surface area contributed by atoms with Gasteiger partial charge < -0.3 is 23.5 Å². The quantitative estimate of drug-likeness (QED) is 0.146.